The predicted octanol–water partition coefficient (Wildman–Crippen LogP) is 1.77. The zero-order valence-electron chi connectivity index (χ0n) is 12.6. The van der Waals surface area contributed by atoms with Gasteiger partial charge in [0.05, 0.1) is 4.90 Å². The van der Waals surface area contributed by atoms with Crippen LogP contribution in [0.25, 0.3) is 0 Å². The molecule has 1 atom stereocenters. The third kappa shape index (κ3) is 4.47. The zero-order valence-corrected chi connectivity index (χ0v) is 13.4. The second kappa shape index (κ2) is 6.56. The molecule has 0 aliphatic carbocycles. The molecule has 0 heterocycles. The van der Waals surface area contributed by atoms with Crippen molar-refractivity contribution in [3.63, 3.8) is 0 Å². The van der Waals surface area contributed by atoms with E-state index in [0.29, 0.717) is 12.5 Å². The van der Waals surface area contributed by atoms with Gasteiger partial charge in [-0.05, 0) is 50.6 Å². The molecule has 0 aliphatic heterocycles. The summed E-state index contributed by atoms with van der Waals surface area (Å²) < 4.78 is 25.6. The summed E-state index contributed by atoms with van der Waals surface area (Å²) in [6.07, 6.45) is 0.945. The van der Waals surface area contributed by atoms with Crippen molar-refractivity contribution in [2.45, 2.75) is 37.6 Å². The minimum atomic E-state index is -3.39. The van der Waals surface area contributed by atoms with Gasteiger partial charge in [0.2, 0.25) is 10.0 Å². The van der Waals surface area contributed by atoms with E-state index in [1.54, 1.807) is 24.3 Å². The fraction of sp³-hybridized carbons (Fsp3) is 0.571. The quantitative estimate of drug-likeness (QED) is 0.716. The molecule has 0 aromatic heterocycles. The highest BCUT2D eigenvalue weighted by molar-refractivity contribution is 7.89. The first-order valence-electron chi connectivity index (χ1n) is 6.74. The Labute approximate surface area is 122 Å². The summed E-state index contributed by atoms with van der Waals surface area (Å²) >= 11 is 0. The topological polar surface area (TPSA) is 84.2 Å². The van der Waals surface area contributed by atoms with E-state index in [1.807, 2.05) is 0 Å². The van der Waals surface area contributed by atoms with Crippen LogP contribution in [0.2, 0.25) is 0 Å². The maximum Gasteiger partial charge on any atom is 0.240 e. The molecule has 0 bridgehead atoms. The van der Waals surface area contributed by atoms with Crippen LogP contribution in [0.15, 0.2) is 29.2 Å². The fourth-order valence-electron chi connectivity index (χ4n) is 2.27. The molecule has 5 nitrogen and oxygen atoms in total. The molecule has 0 saturated heterocycles. The van der Waals surface area contributed by atoms with Crippen LogP contribution in [0.1, 0.15) is 27.2 Å². The van der Waals surface area contributed by atoms with Gasteiger partial charge in [-0.2, -0.15) is 0 Å². The molecule has 0 fully saturated rings. The maximum absolute atomic E-state index is 11.6. The van der Waals surface area contributed by atoms with Gasteiger partial charge in [0.25, 0.3) is 0 Å². The van der Waals surface area contributed by atoms with Gasteiger partial charge in [-0.25, -0.2) is 13.1 Å². The van der Waals surface area contributed by atoms with Crippen molar-refractivity contribution < 1.29 is 8.42 Å². The summed E-state index contributed by atoms with van der Waals surface area (Å²) in [5.74, 6) is 0.528. The first-order valence-corrected chi connectivity index (χ1v) is 8.22. The highest BCUT2D eigenvalue weighted by Crippen LogP contribution is 2.22. The standard InChI is InChI=1S/C14H25N3O2S/c1-11(2)9-14(3,10-15)17-12-5-7-13(8-6-12)20(18,19)16-4/h5-8,11,16-17H,9-10,15H2,1-4H3. The Morgan fingerprint density at radius 2 is 1.80 bits per heavy atom. The smallest absolute Gasteiger partial charge is 0.240 e. The van der Waals surface area contributed by atoms with Crippen LogP contribution < -0.4 is 15.8 Å². The van der Waals surface area contributed by atoms with E-state index in [9.17, 15) is 8.42 Å². The number of hydrogen-bond acceptors (Lipinski definition) is 4. The lowest BCUT2D eigenvalue weighted by Gasteiger charge is -2.32. The van der Waals surface area contributed by atoms with E-state index in [2.05, 4.69) is 30.8 Å². The lowest BCUT2D eigenvalue weighted by molar-refractivity contribution is 0.407. The minimum Gasteiger partial charge on any atom is -0.379 e. The van der Waals surface area contributed by atoms with E-state index < -0.39 is 10.0 Å². The van der Waals surface area contributed by atoms with Gasteiger partial charge >= 0.3 is 0 Å². The Kier molecular flexibility index (Phi) is 5.56. The minimum absolute atomic E-state index is 0.197. The van der Waals surface area contributed by atoms with Crippen molar-refractivity contribution in [1.29, 1.82) is 0 Å². The monoisotopic (exact) mass is 299 g/mol. The van der Waals surface area contributed by atoms with Crippen molar-refractivity contribution >= 4 is 15.7 Å². The first kappa shape index (κ1) is 16.9. The lowest BCUT2D eigenvalue weighted by atomic mass is 9.90. The van der Waals surface area contributed by atoms with Gasteiger partial charge < -0.3 is 11.1 Å². The Morgan fingerprint density at radius 1 is 1.25 bits per heavy atom. The molecule has 0 aliphatic rings. The maximum atomic E-state index is 11.6. The summed E-state index contributed by atoms with van der Waals surface area (Å²) in [6, 6.07) is 6.69. The van der Waals surface area contributed by atoms with Crippen LogP contribution in [0.5, 0.6) is 0 Å². The van der Waals surface area contributed by atoms with Crippen LogP contribution in [0, 0.1) is 5.92 Å². The van der Waals surface area contributed by atoms with Crippen LogP contribution in [0.3, 0.4) is 0 Å². The van der Waals surface area contributed by atoms with E-state index in [4.69, 9.17) is 5.73 Å². The molecule has 1 unspecified atom stereocenters. The third-order valence-corrected chi connectivity index (χ3v) is 4.62. The number of anilines is 1. The molecule has 1 aromatic rings. The van der Waals surface area contributed by atoms with Crippen molar-refractivity contribution in [3.8, 4) is 0 Å². The molecule has 6 heteroatoms. The summed E-state index contributed by atoms with van der Waals surface area (Å²) in [5, 5.41) is 3.39. The second-order valence-corrected chi connectivity index (χ2v) is 7.61. The Bertz CT molecular complexity index is 526. The number of rotatable bonds is 7. The molecule has 1 rings (SSSR count). The Morgan fingerprint density at radius 3 is 2.20 bits per heavy atom. The molecule has 114 valence electrons. The van der Waals surface area contributed by atoms with Gasteiger partial charge in [-0.1, -0.05) is 13.8 Å². The predicted molar refractivity (Wildman–Crippen MR) is 83.2 cm³/mol. The second-order valence-electron chi connectivity index (χ2n) is 5.72. The highest BCUT2D eigenvalue weighted by Gasteiger charge is 2.23. The number of hydrogen-bond donors (Lipinski definition) is 3. The van der Waals surface area contributed by atoms with Gasteiger partial charge in [0, 0.05) is 17.8 Å². The van der Waals surface area contributed by atoms with Crippen LogP contribution in [-0.4, -0.2) is 27.5 Å². The van der Waals surface area contributed by atoms with E-state index in [-0.39, 0.29) is 10.4 Å². The number of benzene rings is 1. The molecule has 0 radical (unpaired) electrons. The SMILES string of the molecule is CNS(=O)(=O)c1ccc(NC(C)(CN)CC(C)C)cc1. The van der Waals surface area contributed by atoms with Gasteiger partial charge in [0.1, 0.15) is 0 Å². The van der Waals surface area contributed by atoms with Crippen LogP contribution >= 0.6 is 0 Å². The number of nitrogens with two attached hydrogens (primary N) is 1. The fourth-order valence-corrected chi connectivity index (χ4v) is 3.00. The van der Waals surface area contributed by atoms with E-state index in [1.165, 1.54) is 7.05 Å². The van der Waals surface area contributed by atoms with Crippen LogP contribution in [-0.2, 0) is 10.0 Å². The highest BCUT2D eigenvalue weighted by atomic mass is 32.2. The Balaban J connectivity index is 2.89. The average Bonchev–Trinajstić information content (AvgIpc) is 2.38. The average molecular weight is 299 g/mol. The van der Waals surface area contributed by atoms with Crippen molar-refractivity contribution in [2.75, 3.05) is 18.9 Å². The third-order valence-electron chi connectivity index (χ3n) is 3.19. The molecule has 1 aromatic carbocycles. The lowest BCUT2D eigenvalue weighted by Crippen LogP contribution is -2.43. The zero-order chi connectivity index (χ0) is 15.4. The van der Waals surface area contributed by atoms with E-state index >= 15 is 0 Å². The van der Waals surface area contributed by atoms with Crippen molar-refractivity contribution in [3.05, 3.63) is 24.3 Å². The van der Waals surface area contributed by atoms with Crippen molar-refractivity contribution in [1.82, 2.24) is 4.72 Å². The summed E-state index contributed by atoms with van der Waals surface area (Å²) in [7, 11) is -1.99. The molecule has 0 saturated carbocycles. The van der Waals surface area contributed by atoms with Gasteiger partial charge in [-0.15, -0.1) is 0 Å². The molecule has 4 N–H and O–H groups in total. The number of sulfonamides is 1. The normalized spacial score (nSPS) is 15.1. The molecule has 0 spiro atoms. The van der Waals surface area contributed by atoms with Crippen molar-refractivity contribution in [2.24, 2.45) is 11.7 Å². The van der Waals surface area contributed by atoms with Gasteiger partial charge in [-0.3, -0.25) is 0 Å². The number of nitrogens with one attached hydrogen (secondary N) is 2. The molecule has 0 amide bonds. The largest absolute Gasteiger partial charge is 0.379 e. The first-order chi connectivity index (χ1) is 9.22. The van der Waals surface area contributed by atoms with Crippen LogP contribution in [0.4, 0.5) is 5.69 Å². The molecule has 20 heavy (non-hydrogen) atoms. The Hall–Kier alpha value is -1.11. The summed E-state index contributed by atoms with van der Waals surface area (Å²) in [5.41, 5.74) is 6.53. The van der Waals surface area contributed by atoms with Gasteiger partial charge in [0.15, 0.2) is 0 Å². The summed E-state index contributed by atoms with van der Waals surface area (Å²) in [4.78, 5) is 0.254. The summed E-state index contributed by atoms with van der Waals surface area (Å²) in [6.45, 7) is 6.89. The molecular weight excluding hydrogens is 274 g/mol. The molecular formula is C14H25N3O2S. The van der Waals surface area contributed by atoms with E-state index in [0.717, 1.165) is 12.1 Å².